The molecule has 0 N–H and O–H groups in total. The summed E-state index contributed by atoms with van der Waals surface area (Å²) in [6, 6.07) is 33.7. The van der Waals surface area contributed by atoms with Gasteiger partial charge in [0.2, 0.25) is 0 Å². The Morgan fingerprint density at radius 2 is 0.977 bits per heavy atom. The van der Waals surface area contributed by atoms with Crippen molar-refractivity contribution in [2.45, 2.75) is 124 Å². The van der Waals surface area contributed by atoms with Crippen LogP contribution in [0.1, 0.15) is 115 Å². The SMILES string of the molecule is CCCCCCCCCCc1ccc(-c2ccc(-c3ccc(-c4ccc(OC(C)CCCCCC)cc4)c(C)c3)cc2)cc1. The van der Waals surface area contributed by atoms with Crippen molar-refractivity contribution in [2.75, 3.05) is 0 Å². The van der Waals surface area contributed by atoms with Crippen LogP contribution >= 0.6 is 0 Å². The average Bonchev–Trinajstić information content (AvgIpc) is 3.05. The van der Waals surface area contributed by atoms with E-state index in [0.717, 1.165) is 12.2 Å². The summed E-state index contributed by atoms with van der Waals surface area (Å²) in [4.78, 5) is 0. The molecule has 1 unspecified atom stereocenters. The van der Waals surface area contributed by atoms with Crippen molar-refractivity contribution in [1.82, 2.24) is 0 Å². The topological polar surface area (TPSA) is 9.23 Å². The van der Waals surface area contributed by atoms with Crippen molar-refractivity contribution in [3.05, 3.63) is 102 Å². The van der Waals surface area contributed by atoms with Crippen LogP contribution in [0.3, 0.4) is 0 Å². The highest BCUT2D eigenvalue weighted by Gasteiger charge is 2.08. The molecule has 0 saturated carbocycles. The fourth-order valence-electron chi connectivity index (χ4n) is 6.21. The Labute approximate surface area is 269 Å². The molecule has 0 spiro atoms. The summed E-state index contributed by atoms with van der Waals surface area (Å²) >= 11 is 0. The van der Waals surface area contributed by atoms with Crippen LogP contribution in [-0.4, -0.2) is 6.10 Å². The van der Waals surface area contributed by atoms with E-state index >= 15 is 0 Å². The van der Waals surface area contributed by atoms with Gasteiger partial charge in [0.15, 0.2) is 0 Å². The maximum absolute atomic E-state index is 6.18. The molecule has 0 aliphatic rings. The minimum atomic E-state index is 0.258. The lowest BCUT2D eigenvalue weighted by atomic mass is 9.94. The predicted molar refractivity (Wildman–Crippen MR) is 193 cm³/mol. The van der Waals surface area contributed by atoms with Crippen LogP contribution in [-0.2, 0) is 6.42 Å². The molecule has 0 amide bonds. The quantitative estimate of drug-likeness (QED) is 0.0990. The van der Waals surface area contributed by atoms with E-state index in [1.54, 1.807) is 0 Å². The minimum absolute atomic E-state index is 0.258. The van der Waals surface area contributed by atoms with E-state index in [4.69, 9.17) is 4.74 Å². The second-order valence-corrected chi connectivity index (χ2v) is 12.8. The van der Waals surface area contributed by atoms with E-state index in [-0.39, 0.29) is 6.10 Å². The highest BCUT2D eigenvalue weighted by Crippen LogP contribution is 2.31. The summed E-state index contributed by atoms with van der Waals surface area (Å²) in [5, 5.41) is 0. The molecule has 0 radical (unpaired) electrons. The molecule has 0 bridgehead atoms. The third kappa shape index (κ3) is 10.7. The van der Waals surface area contributed by atoms with E-state index in [2.05, 4.69) is 119 Å². The summed E-state index contributed by atoms with van der Waals surface area (Å²) in [5.41, 5.74) is 10.3. The number of hydrogen-bond acceptors (Lipinski definition) is 1. The molecule has 4 aromatic carbocycles. The van der Waals surface area contributed by atoms with Crippen LogP contribution in [0, 0.1) is 6.92 Å². The van der Waals surface area contributed by atoms with Crippen molar-refractivity contribution >= 4 is 0 Å². The van der Waals surface area contributed by atoms with Gasteiger partial charge in [-0.15, -0.1) is 0 Å². The molecule has 0 aliphatic carbocycles. The van der Waals surface area contributed by atoms with Crippen LogP contribution in [0.4, 0.5) is 0 Å². The highest BCUT2D eigenvalue weighted by atomic mass is 16.5. The summed E-state index contributed by atoms with van der Waals surface area (Å²) in [5.74, 6) is 0.962. The second kappa shape index (κ2) is 18.5. The first-order valence-electron chi connectivity index (χ1n) is 17.6. The molecule has 4 rings (SSSR count). The average molecular weight is 589 g/mol. The zero-order chi connectivity index (χ0) is 31.0. The predicted octanol–water partition coefficient (Wildman–Crippen LogP) is 13.4. The smallest absolute Gasteiger partial charge is 0.119 e. The number of rotatable bonds is 19. The number of ether oxygens (including phenoxy) is 1. The van der Waals surface area contributed by atoms with Gasteiger partial charge in [0.1, 0.15) is 5.75 Å². The minimum Gasteiger partial charge on any atom is -0.491 e. The number of benzene rings is 4. The first-order valence-corrected chi connectivity index (χ1v) is 17.6. The Morgan fingerprint density at radius 3 is 1.57 bits per heavy atom. The monoisotopic (exact) mass is 588 g/mol. The Balaban J connectivity index is 1.28. The van der Waals surface area contributed by atoms with Crippen molar-refractivity contribution in [2.24, 2.45) is 0 Å². The van der Waals surface area contributed by atoms with Crippen LogP contribution in [0.5, 0.6) is 5.75 Å². The second-order valence-electron chi connectivity index (χ2n) is 12.8. The molecule has 0 heterocycles. The van der Waals surface area contributed by atoms with Gasteiger partial charge in [-0.05, 0) is 96.2 Å². The third-order valence-electron chi connectivity index (χ3n) is 9.02. The third-order valence-corrected chi connectivity index (χ3v) is 9.02. The maximum atomic E-state index is 6.18. The van der Waals surface area contributed by atoms with Crippen molar-refractivity contribution < 1.29 is 4.74 Å². The molecule has 234 valence electrons. The first kappa shape index (κ1) is 33.6. The van der Waals surface area contributed by atoms with Gasteiger partial charge in [0.05, 0.1) is 6.10 Å². The van der Waals surface area contributed by atoms with E-state index in [0.29, 0.717) is 0 Å². The van der Waals surface area contributed by atoms with Gasteiger partial charge in [-0.3, -0.25) is 0 Å². The summed E-state index contributed by atoms with van der Waals surface area (Å²) in [7, 11) is 0. The van der Waals surface area contributed by atoms with E-state index in [1.165, 1.54) is 128 Å². The molecule has 1 atom stereocenters. The molecule has 1 heteroatoms. The lowest BCUT2D eigenvalue weighted by Crippen LogP contribution is -2.11. The molecular weight excluding hydrogens is 532 g/mol. The van der Waals surface area contributed by atoms with Crippen molar-refractivity contribution in [3.8, 4) is 39.1 Å². The van der Waals surface area contributed by atoms with Crippen LogP contribution in [0.15, 0.2) is 91.0 Å². The largest absolute Gasteiger partial charge is 0.491 e. The van der Waals surface area contributed by atoms with Gasteiger partial charge >= 0.3 is 0 Å². The summed E-state index contributed by atoms with van der Waals surface area (Å²) in [6.45, 7) is 8.94. The molecular formula is C43H56O. The fourth-order valence-corrected chi connectivity index (χ4v) is 6.21. The zero-order valence-electron chi connectivity index (χ0n) is 28.0. The summed E-state index contributed by atoms with van der Waals surface area (Å²) < 4.78 is 6.18. The molecule has 0 aromatic heterocycles. The number of aryl methyl sites for hydroxylation is 2. The molecule has 44 heavy (non-hydrogen) atoms. The van der Waals surface area contributed by atoms with Gasteiger partial charge in [0, 0.05) is 0 Å². The molecule has 0 fully saturated rings. The molecule has 0 saturated heterocycles. The number of unbranched alkanes of at least 4 members (excludes halogenated alkanes) is 10. The molecule has 0 aliphatic heterocycles. The van der Waals surface area contributed by atoms with Crippen LogP contribution < -0.4 is 4.74 Å². The highest BCUT2D eigenvalue weighted by molar-refractivity contribution is 5.75. The zero-order valence-corrected chi connectivity index (χ0v) is 28.0. The normalized spacial score (nSPS) is 11.9. The van der Waals surface area contributed by atoms with Gasteiger partial charge in [0.25, 0.3) is 0 Å². The van der Waals surface area contributed by atoms with Gasteiger partial charge < -0.3 is 4.74 Å². The van der Waals surface area contributed by atoms with Crippen LogP contribution in [0.2, 0.25) is 0 Å². The lowest BCUT2D eigenvalue weighted by molar-refractivity contribution is 0.206. The van der Waals surface area contributed by atoms with E-state index < -0.39 is 0 Å². The van der Waals surface area contributed by atoms with Gasteiger partial charge in [-0.1, -0.05) is 157 Å². The fraction of sp³-hybridized carbons (Fsp3) is 0.442. The van der Waals surface area contributed by atoms with Gasteiger partial charge in [-0.25, -0.2) is 0 Å². The standard InChI is InChI=1S/C43H56O/c1-5-7-9-11-12-13-14-16-18-36-19-21-37(22-20-36)38-23-25-39(26-24-38)41-29-32-43(34(3)33-41)40-27-30-42(31-28-40)44-35(4)17-15-10-8-6-2/h19-33,35H,5-18H2,1-4H3. The number of hydrogen-bond donors (Lipinski definition) is 0. The van der Waals surface area contributed by atoms with Crippen LogP contribution in [0.25, 0.3) is 33.4 Å². The van der Waals surface area contributed by atoms with Gasteiger partial charge in [-0.2, -0.15) is 0 Å². The molecule has 1 nitrogen and oxygen atoms in total. The first-order chi connectivity index (χ1) is 21.6. The van der Waals surface area contributed by atoms with Crippen molar-refractivity contribution in [1.29, 1.82) is 0 Å². The Morgan fingerprint density at radius 1 is 0.500 bits per heavy atom. The Hall–Kier alpha value is -3.32. The maximum Gasteiger partial charge on any atom is 0.119 e. The summed E-state index contributed by atoms with van der Waals surface area (Å²) in [6.07, 6.45) is 18.7. The Bertz CT molecular complexity index is 1350. The lowest BCUT2D eigenvalue weighted by Gasteiger charge is -2.15. The Kier molecular flexibility index (Phi) is 14.1. The molecule has 4 aromatic rings. The van der Waals surface area contributed by atoms with E-state index in [9.17, 15) is 0 Å². The van der Waals surface area contributed by atoms with E-state index in [1.807, 2.05) is 0 Å². The van der Waals surface area contributed by atoms with Crippen molar-refractivity contribution in [3.63, 3.8) is 0 Å².